The minimum Gasteiger partial charge on any atom is -0.507 e. The number of rotatable bonds is 7. The van der Waals surface area contributed by atoms with Crippen molar-refractivity contribution in [1.82, 2.24) is 4.90 Å². The lowest BCUT2D eigenvalue weighted by Crippen LogP contribution is -2.32. The number of methoxy groups -OCH3 is 3. The molecule has 0 radical (unpaired) electrons. The van der Waals surface area contributed by atoms with Gasteiger partial charge in [-0.3, -0.25) is 9.59 Å². The zero-order chi connectivity index (χ0) is 22.7. The predicted octanol–water partition coefficient (Wildman–Crippen LogP) is 3.39. The number of ketones is 1. The number of benzene rings is 2. The molecular formula is C24H27NO6. The van der Waals surface area contributed by atoms with Gasteiger partial charge in [-0.25, -0.2) is 0 Å². The van der Waals surface area contributed by atoms with Crippen LogP contribution in [0.1, 0.15) is 28.3 Å². The SMILES string of the molecule is COCCN1C(=O)C(=O)/C(=C(/O)c2cc(C)c(OC)cc2C)C1c1ccccc1OC. The summed E-state index contributed by atoms with van der Waals surface area (Å²) in [5, 5.41) is 11.3. The van der Waals surface area contributed by atoms with Gasteiger partial charge in [0.1, 0.15) is 17.3 Å². The normalized spacial score (nSPS) is 17.8. The van der Waals surface area contributed by atoms with Crippen LogP contribution in [-0.4, -0.2) is 56.2 Å². The van der Waals surface area contributed by atoms with E-state index in [0.29, 0.717) is 22.6 Å². The van der Waals surface area contributed by atoms with Crippen LogP contribution >= 0.6 is 0 Å². The highest BCUT2D eigenvalue weighted by molar-refractivity contribution is 6.46. The highest BCUT2D eigenvalue weighted by Crippen LogP contribution is 2.43. The Hall–Kier alpha value is -3.32. The Labute approximate surface area is 181 Å². The van der Waals surface area contributed by atoms with Gasteiger partial charge in [0.05, 0.1) is 32.4 Å². The highest BCUT2D eigenvalue weighted by atomic mass is 16.5. The van der Waals surface area contributed by atoms with Crippen molar-refractivity contribution in [1.29, 1.82) is 0 Å². The maximum atomic E-state index is 13.1. The number of ether oxygens (including phenoxy) is 3. The molecule has 1 atom stereocenters. The standard InChI is InChI=1S/C24H27NO6/c1-14-13-19(31-5)15(2)12-17(14)22(26)20-21(16-8-6-7-9-18(16)30-4)25(10-11-29-3)24(28)23(20)27/h6-9,12-13,21,26H,10-11H2,1-5H3/b22-20+. The van der Waals surface area contributed by atoms with Crippen molar-refractivity contribution in [2.24, 2.45) is 0 Å². The van der Waals surface area contributed by atoms with Crippen LogP contribution in [0.2, 0.25) is 0 Å². The van der Waals surface area contributed by atoms with Crippen LogP contribution in [-0.2, 0) is 14.3 Å². The molecule has 7 heteroatoms. The number of aryl methyl sites for hydroxylation is 2. The molecule has 0 bridgehead atoms. The molecule has 0 spiro atoms. The van der Waals surface area contributed by atoms with Crippen molar-refractivity contribution >= 4 is 17.4 Å². The highest BCUT2D eigenvalue weighted by Gasteiger charge is 2.47. The molecule has 1 aliphatic heterocycles. The second-order valence-electron chi connectivity index (χ2n) is 7.36. The molecule has 31 heavy (non-hydrogen) atoms. The zero-order valence-corrected chi connectivity index (χ0v) is 18.4. The number of likely N-dealkylation sites (tertiary alicyclic amines) is 1. The van der Waals surface area contributed by atoms with Crippen LogP contribution in [0.25, 0.3) is 5.76 Å². The van der Waals surface area contributed by atoms with Gasteiger partial charge in [0.15, 0.2) is 0 Å². The summed E-state index contributed by atoms with van der Waals surface area (Å²) in [6, 6.07) is 9.91. The second kappa shape index (κ2) is 9.22. The zero-order valence-electron chi connectivity index (χ0n) is 18.4. The van der Waals surface area contributed by atoms with Crippen LogP contribution in [0.5, 0.6) is 11.5 Å². The van der Waals surface area contributed by atoms with Crippen molar-refractivity contribution in [3.8, 4) is 11.5 Å². The number of para-hydroxylation sites is 1. The van der Waals surface area contributed by atoms with Crippen molar-refractivity contribution < 1.29 is 28.9 Å². The molecule has 2 aromatic rings. The average molecular weight is 425 g/mol. The summed E-state index contributed by atoms with van der Waals surface area (Å²) in [7, 11) is 4.62. The number of aliphatic hydroxyl groups is 1. The van der Waals surface area contributed by atoms with Gasteiger partial charge in [-0.1, -0.05) is 18.2 Å². The summed E-state index contributed by atoms with van der Waals surface area (Å²) in [6.45, 7) is 4.11. The molecule has 1 aliphatic rings. The average Bonchev–Trinajstić information content (AvgIpc) is 3.02. The summed E-state index contributed by atoms with van der Waals surface area (Å²) >= 11 is 0. The Bertz CT molecular complexity index is 1040. The Morgan fingerprint density at radius 3 is 2.32 bits per heavy atom. The molecule has 0 aliphatic carbocycles. The fourth-order valence-electron chi connectivity index (χ4n) is 3.93. The third-order valence-corrected chi connectivity index (χ3v) is 5.51. The van der Waals surface area contributed by atoms with Crippen molar-refractivity contribution in [2.45, 2.75) is 19.9 Å². The van der Waals surface area contributed by atoms with E-state index < -0.39 is 17.7 Å². The first-order chi connectivity index (χ1) is 14.8. The Kier molecular flexibility index (Phi) is 6.65. The number of amides is 1. The van der Waals surface area contributed by atoms with E-state index in [4.69, 9.17) is 14.2 Å². The number of carbonyl (C=O) groups is 2. The van der Waals surface area contributed by atoms with E-state index >= 15 is 0 Å². The summed E-state index contributed by atoms with van der Waals surface area (Å²) < 4.78 is 16.0. The number of Topliss-reactive ketones (excluding diaryl/α,β-unsaturated/α-hetero) is 1. The number of nitrogens with zero attached hydrogens (tertiary/aromatic N) is 1. The molecule has 1 fully saturated rings. The fraction of sp³-hybridized carbons (Fsp3) is 0.333. The van der Waals surface area contributed by atoms with E-state index in [9.17, 15) is 14.7 Å². The largest absolute Gasteiger partial charge is 0.507 e. The maximum absolute atomic E-state index is 13.1. The third kappa shape index (κ3) is 4.01. The molecule has 164 valence electrons. The van der Waals surface area contributed by atoms with Crippen LogP contribution in [0.15, 0.2) is 42.0 Å². The quantitative estimate of drug-likeness (QED) is 0.416. The van der Waals surface area contributed by atoms with Gasteiger partial charge in [-0.15, -0.1) is 0 Å². The number of aliphatic hydroxyl groups excluding tert-OH is 1. The Balaban J connectivity index is 2.26. The molecule has 1 saturated heterocycles. The van der Waals surface area contributed by atoms with Crippen LogP contribution < -0.4 is 9.47 Å². The minimum atomic E-state index is -0.798. The van der Waals surface area contributed by atoms with Gasteiger partial charge in [0.2, 0.25) is 0 Å². The fourth-order valence-corrected chi connectivity index (χ4v) is 3.93. The van der Waals surface area contributed by atoms with Crippen LogP contribution in [0, 0.1) is 13.8 Å². The molecule has 3 rings (SSSR count). The summed E-state index contributed by atoms with van der Waals surface area (Å²) in [5.41, 5.74) is 2.64. The topological polar surface area (TPSA) is 85.3 Å². The molecule has 2 aromatic carbocycles. The molecule has 1 heterocycles. The summed E-state index contributed by atoms with van der Waals surface area (Å²) in [5.74, 6) is -0.451. The number of hydrogen-bond donors (Lipinski definition) is 1. The van der Waals surface area contributed by atoms with Crippen molar-refractivity contribution in [2.75, 3.05) is 34.5 Å². The third-order valence-electron chi connectivity index (χ3n) is 5.51. The number of hydrogen-bond acceptors (Lipinski definition) is 6. The van der Waals surface area contributed by atoms with Gasteiger partial charge < -0.3 is 24.2 Å². The lowest BCUT2D eigenvalue weighted by molar-refractivity contribution is -0.140. The van der Waals surface area contributed by atoms with E-state index in [1.54, 1.807) is 43.5 Å². The van der Waals surface area contributed by atoms with E-state index in [2.05, 4.69) is 0 Å². The molecule has 7 nitrogen and oxygen atoms in total. The Morgan fingerprint density at radius 1 is 1.00 bits per heavy atom. The molecular weight excluding hydrogens is 398 g/mol. The van der Waals surface area contributed by atoms with E-state index in [1.165, 1.54) is 19.1 Å². The first kappa shape index (κ1) is 22.4. The van der Waals surface area contributed by atoms with Crippen LogP contribution in [0.3, 0.4) is 0 Å². The van der Waals surface area contributed by atoms with Gasteiger partial charge >= 0.3 is 0 Å². The molecule has 0 aromatic heterocycles. The molecule has 1 N–H and O–H groups in total. The maximum Gasteiger partial charge on any atom is 0.295 e. The minimum absolute atomic E-state index is 0.0262. The van der Waals surface area contributed by atoms with Gasteiger partial charge in [0.25, 0.3) is 11.7 Å². The predicted molar refractivity (Wildman–Crippen MR) is 116 cm³/mol. The smallest absolute Gasteiger partial charge is 0.295 e. The summed E-state index contributed by atoms with van der Waals surface area (Å²) in [4.78, 5) is 27.4. The Morgan fingerprint density at radius 2 is 1.68 bits per heavy atom. The monoisotopic (exact) mass is 425 g/mol. The van der Waals surface area contributed by atoms with E-state index in [0.717, 1.165) is 11.1 Å². The van der Waals surface area contributed by atoms with E-state index in [1.807, 2.05) is 13.8 Å². The van der Waals surface area contributed by atoms with Gasteiger partial charge in [0, 0.05) is 24.8 Å². The van der Waals surface area contributed by atoms with E-state index in [-0.39, 0.29) is 24.5 Å². The van der Waals surface area contributed by atoms with Crippen LogP contribution in [0.4, 0.5) is 0 Å². The number of carbonyl (C=O) groups excluding carboxylic acids is 2. The lowest BCUT2D eigenvalue weighted by Gasteiger charge is -2.26. The first-order valence-corrected chi connectivity index (χ1v) is 9.91. The molecule has 0 saturated carbocycles. The van der Waals surface area contributed by atoms with Gasteiger partial charge in [-0.05, 0) is 43.2 Å². The van der Waals surface area contributed by atoms with Crippen molar-refractivity contribution in [3.63, 3.8) is 0 Å². The second-order valence-corrected chi connectivity index (χ2v) is 7.36. The first-order valence-electron chi connectivity index (χ1n) is 9.91. The molecule has 1 unspecified atom stereocenters. The van der Waals surface area contributed by atoms with Crippen molar-refractivity contribution in [3.05, 3.63) is 64.2 Å². The molecule has 1 amide bonds. The lowest BCUT2D eigenvalue weighted by atomic mass is 9.92. The van der Waals surface area contributed by atoms with Gasteiger partial charge in [-0.2, -0.15) is 0 Å². The summed E-state index contributed by atoms with van der Waals surface area (Å²) in [6.07, 6.45) is 0.